The van der Waals surface area contributed by atoms with Crippen molar-refractivity contribution >= 4 is 16.7 Å². The fourth-order valence-electron chi connectivity index (χ4n) is 5.02. The standard InChI is InChI=1S/C25H25FN6O2/c1-30-13-21-24(29-25(32(21)14-22(30)33)15-5-7-34-8-6-15)23-18-11-27-20(17-10-28-31(2)12-17)9-16(18)3-4-19(23)26/h3-4,9-12,15H,5-8,13-14H2,1-2H3. The highest BCUT2D eigenvalue weighted by molar-refractivity contribution is 5.97. The van der Waals surface area contributed by atoms with Crippen molar-refractivity contribution in [1.29, 1.82) is 0 Å². The SMILES string of the molecule is CN1Cc2c(-c3c(F)ccc4cc(-c5cnn(C)c5)ncc34)nc(C3CCOCC3)n2CC1=O. The maximum absolute atomic E-state index is 15.4. The maximum atomic E-state index is 15.4. The van der Waals surface area contributed by atoms with Crippen LogP contribution in [-0.2, 0) is 29.7 Å². The molecule has 0 atom stereocenters. The highest BCUT2D eigenvalue weighted by Crippen LogP contribution is 2.38. The molecule has 0 saturated carbocycles. The van der Waals surface area contributed by atoms with Crippen LogP contribution in [0.2, 0.25) is 0 Å². The molecule has 0 radical (unpaired) electrons. The Kier molecular flexibility index (Phi) is 4.95. The number of rotatable bonds is 3. The minimum absolute atomic E-state index is 0.0333. The summed E-state index contributed by atoms with van der Waals surface area (Å²) in [4.78, 5) is 23.8. The largest absolute Gasteiger partial charge is 0.381 e. The van der Waals surface area contributed by atoms with E-state index in [1.165, 1.54) is 6.07 Å². The quantitative estimate of drug-likeness (QED) is 0.468. The molecule has 0 aliphatic carbocycles. The van der Waals surface area contributed by atoms with Crippen LogP contribution >= 0.6 is 0 Å². The number of likely N-dealkylation sites (N-methyl/N-ethyl adjacent to an activating group) is 1. The number of imidazole rings is 1. The Morgan fingerprint density at radius 3 is 2.71 bits per heavy atom. The molecule has 0 bridgehead atoms. The predicted molar refractivity (Wildman–Crippen MR) is 124 cm³/mol. The van der Waals surface area contributed by atoms with E-state index in [1.54, 1.807) is 35.1 Å². The smallest absolute Gasteiger partial charge is 0.242 e. The van der Waals surface area contributed by atoms with E-state index < -0.39 is 0 Å². The van der Waals surface area contributed by atoms with Crippen molar-refractivity contribution in [1.82, 2.24) is 29.2 Å². The summed E-state index contributed by atoms with van der Waals surface area (Å²) in [5.41, 5.74) is 3.58. The summed E-state index contributed by atoms with van der Waals surface area (Å²) in [6, 6.07) is 5.21. The van der Waals surface area contributed by atoms with E-state index in [9.17, 15) is 4.79 Å². The minimum atomic E-state index is -0.345. The van der Waals surface area contributed by atoms with Crippen molar-refractivity contribution in [2.24, 2.45) is 7.05 Å². The number of carbonyl (C=O) groups excluding carboxylic acids is 1. The fraction of sp³-hybridized carbons (Fsp3) is 0.360. The Labute approximate surface area is 196 Å². The number of aryl methyl sites for hydroxylation is 1. The molecule has 5 heterocycles. The summed E-state index contributed by atoms with van der Waals surface area (Å²) in [5, 5.41) is 5.80. The van der Waals surface area contributed by atoms with E-state index in [0.717, 1.165) is 41.0 Å². The number of benzene rings is 1. The topological polar surface area (TPSA) is 78.1 Å². The molecule has 34 heavy (non-hydrogen) atoms. The molecule has 6 rings (SSSR count). The van der Waals surface area contributed by atoms with Crippen molar-refractivity contribution in [3.8, 4) is 22.5 Å². The van der Waals surface area contributed by atoms with Crippen LogP contribution < -0.4 is 0 Å². The zero-order valence-corrected chi connectivity index (χ0v) is 19.2. The van der Waals surface area contributed by atoms with Crippen molar-refractivity contribution in [3.63, 3.8) is 0 Å². The van der Waals surface area contributed by atoms with E-state index in [4.69, 9.17) is 9.72 Å². The number of hydrogen-bond donors (Lipinski definition) is 0. The molecule has 9 heteroatoms. The van der Waals surface area contributed by atoms with Gasteiger partial charge in [0.25, 0.3) is 0 Å². The van der Waals surface area contributed by atoms with Gasteiger partial charge in [-0.3, -0.25) is 14.5 Å². The third-order valence-electron chi connectivity index (χ3n) is 6.89. The summed E-state index contributed by atoms with van der Waals surface area (Å²) in [6.07, 6.45) is 7.06. The monoisotopic (exact) mass is 460 g/mol. The molecule has 3 aromatic heterocycles. The lowest BCUT2D eigenvalue weighted by atomic mass is 9.99. The molecule has 174 valence electrons. The average molecular weight is 461 g/mol. The van der Waals surface area contributed by atoms with Gasteiger partial charge < -0.3 is 14.2 Å². The number of fused-ring (bicyclic) bond motifs is 2. The molecule has 0 N–H and O–H groups in total. The molecule has 2 aliphatic heterocycles. The van der Waals surface area contributed by atoms with E-state index in [-0.39, 0.29) is 24.2 Å². The van der Waals surface area contributed by atoms with Gasteiger partial charge in [0.15, 0.2) is 0 Å². The van der Waals surface area contributed by atoms with Gasteiger partial charge in [0.2, 0.25) is 5.91 Å². The van der Waals surface area contributed by atoms with Gasteiger partial charge in [-0.2, -0.15) is 5.10 Å². The Morgan fingerprint density at radius 2 is 1.94 bits per heavy atom. The summed E-state index contributed by atoms with van der Waals surface area (Å²) in [5.74, 6) is 0.727. The Balaban J connectivity index is 1.53. The zero-order valence-electron chi connectivity index (χ0n) is 19.2. The highest BCUT2D eigenvalue weighted by atomic mass is 19.1. The summed E-state index contributed by atoms with van der Waals surface area (Å²) < 4.78 is 24.7. The summed E-state index contributed by atoms with van der Waals surface area (Å²) in [7, 11) is 3.63. The lowest BCUT2D eigenvalue weighted by Crippen LogP contribution is -2.37. The van der Waals surface area contributed by atoms with Gasteiger partial charge in [-0.05, 0) is 30.4 Å². The predicted octanol–water partition coefficient (Wildman–Crippen LogP) is 3.50. The Bertz CT molecular complexity index is 1420. The summed E-state index contributed by atoms with van der Waals surface area (Å²) in [6.45, 7) is 1.95. The average Bonchev–Trinajstić information content (AvgIpc) is 3.43. The first kappa shape index (κ1) is 21.0. The second-order valence-corrected chi connectivity index (χ2v) is 9.10. The number of amides is 1. The lowest BCUT2D eigenvalue weighted by Gasteiger charge is -2.28. The zero-order chi connectivity index (χ0) is 23.4. The minimum Gasteiger partial charge on any atom is -0.381 e. The Hall–Kier alpha value is -3.59. The fourth-order valence-corrected chi connectivity index (χ4v) is 5.02. The normalized spacial score (nSPS) is 16.9. The number of halogens is 1. The first-order chi connectivity index (χ1) is 16.5. The van der Waals surface area contributed by atoms with E-state index in [1.807, 2.05) is 23.9 Å². The molecule has 0 spiro atoms. The number of pyridine rings is 1. The van der Waals surface area contributed by atoms with Crippen LogP contribution in [0.1, 0.15) is 30.3 Å². The molecule has 4 aromatic rings. The third-order valence-corrected chi connectivity index (χ3v) is 6.89. The van der Waals surface area contributed by atoms with Crippen LogP contribution in [0.25, 0.3) is 33.3 Å². The number of aromatic nitrogens is 5. The highest BCUT2D eigenvalue weighted by Gasteiger charge is 2.32. The van der Waals surface area contributed by atoms with Crippen molar-refractivity contribution in [2.45, 2.75) is 31.8 Å². The molecule has 8 nitrogen and oxygen atoms in total. The van der Waals surface area contributed by atoms with Crippen LogP contribution in [-0.4, -0.2) is 55.4 Å². The van der Waals surface area contributed by atoms with Gasteiger partial charge in [0.1, 0.15) is 18.2 Å². The van der Waals surface area contributed by atoms with Crippen molar-refractivity contribution < 1.29 is 13.9 Å². The molecule has 1 fully saturated rings. The second-order valence-electron chi connectivity index (χ2n) is 9.10. The van der Waals surface area contributed by atoms with E-state index >= 15 is 4.39 Å². The summed E-state index contributed by atoms with van der Waals surface area (Å²) >= 11 is 0. The molecule has 1 saturated heterocycles. The lowest BCUT2D eigenvalue weighted by molar-refractivity contribution is -0.132. The third kappa shape index (κ3) is 3.38. The van der Waals surface area contributed by atoms with Crippen molar-refractivity contribution in [3.05, 3.63) is 54.1 Å². The molecule has 1 aromatic carbocycles. The van der Waals surface area contributed by atoms with Crippen LogP contribution in [0.5, 0.6) is 0 Å². The molecule has 2 aliphatic rings. The van der Waals surface area contributed by atoms with Gasteiger partial charge in [-0.15, -0.1) is 0 Å². The van der Waals surface area contributed by atoms with Gasteiger partial charge in [-0.1, -0.05) is 6.07 Å². The second kappa shape index (κ2) is 8.02. The van der Waals surface area contributed by atoms with Crippen LogP contribution in [0.15, 0.2) is 36.8 Å². The van der Waals surface area contributed by atoms with Crippen LogP contribution in [0.4, 0.5) is 4.39 Å². The molecule has 1 amide bonds. The van der Waals surface area contributed by atoms with E-state index in [2.05, 4.69) is 10.1 Å². The van der Waals surface area contributed by atoms with Gasteiger partial charge in [-0.25, -0.2) is 9.37 Å². The first-order valence-electron chi connectivity index (χ1n) is 11.5. The van der Waals surface area contributed by atoms with Gasteiger partial charge in [0, 0.05) is 62.1 Å². The number of nitrogens with zero attached hydrogens (tertiary/aromatic N) is 6. The van der Waals surface area contributed by atoms with Gasteiger partial charge in [0.05, 0.1) is 29.8 Å². The number of hydrogen-bond acceptors (Lipinski definition) is 5. The van der Waals surface area contributed by atoms with Crippen molar-refractivity contribution in [2.75, 3.05) is 20.3 Å². The van der Waals surface area contributed by atoms with Crippen LogP contribution in [0, 0.1) is 5.82 Å². The Morgan fingerprint density at radius 1 is 1.12 bits per heavy atom. The molecule has 0 unspecified atom stereocenters. The number of ether oxygens (including phenoxy) is 1. The first-order valence-corrected chi connectivity index (χ1v) is 11.5. The van der Waals surface area contributed by atoms with E-state index in [0.29, 0.717) is 36.4 Å². The maximum Gasteiger partial charge on any atom is 0.242 e. The van der Waals surface area contributed by atoms with Crippen LogP contribution in [0.3, 0.4) is 0 Å². The number of carbonyl (C=O) groups is 1. The molecular weight excluding hydrogens is 435 g/mol. The molecular formula is C25H25FN6O2. The van der Waals surface area contributed by atoms with Gasteiger partial charge >= 0.3 is 0 Å².